The molecule has 2 heterocycles. The Balaban J connectivity index is 1.88. The van der Waals surface area contributed by atoms with Crippen LogP contribution in [0.3, 0.4) is 0 Å². The third-order valence-electron chi connectivity index (χ3n) is 3.85. The van der Waals surface area contributed by atoms with Crippen LogP contribution in [0.1, 0.15) is 38.4 Å². The zero-order chi connectivity index (χ0) is 14.2. The van der Waals surface area contributed by atoms with E-state index in [4.69, 9.17) is 10.3 Å². The molecule has 2 atom stereocenters. The van der Waals surface area contributed by atoms with Crippen LogP contribution in [-0.2, 0) is 5.54 Å². The molecule has 0 aliphatic heterocycles. The van der Waals surface area contributed by atoms with Gasteiger partial charge in [-0.15, -0.1) is 0 Å². The van der Waals surface area contributed by atoms with Gasteiger partial charge in [-0.05, 0) is 30.9 Å². The zero-order valence-corrected chi connectivity index (χ0v) is 11.3. The molecule has 1 aliphatic rings. The summed E-state index contributed by atoms with van der Waals surface area (Å²) < 4.78 is 18.1. The molecule has 106 valence electrons. The van der Waals surface area contributed by atoms with E-state index in [1.165, 1.54) is 18.6 Å². The number of hydrogen-bond donors (Lipinski definition) is 1. The topological polar surface area (TPSA) is 77.8 Å². The van der Waals surface area contributed by atoms with Gasteiger partial charge in [0.05, 0.1) is 11.7 Å². The lowest BCUT2D eigenvalue weighted by molar-refractivity contribution is 0.222. The van der Waals surface area contributed by atoms with Gasteiger partial charge in [0, 0.05) is 0 Å². The molecule has 1 saturated carbocycles. The second-order valence-corrected chi connectivity index (χ2v) is 5.64. The van der Waals surface area contributed by atoms with Crippen LogP contribution in [-0.4, -0.2) is 15.1 Å². The van der Waals surface area contributed by atoms with Crippen LogP contribution in [0.5, 0.6) is 0 Å². The van der Waals surface area contributed by atoms with Crippen molar-refractivity contribution in [2.24, 2.45) is 11.7 Å². The van der Waals surface area contributed by atoms with E-state index in [-0.39, 0.29) is 5.89 Å². The Morgan fingerprint density at radius 2 is 2.30 bits per heavy atom. The van der Waals surface area contributed by atoms with E-state index in [9.17, 15) is 4.39 Å². The largest absolute Gasteiger partial charge is 0.332 e. The summed E-state index contributed by atoms with van der Waals surface area (Å²) in [6.45, 7) is 2.18. The van der Waals surface area contributed by atoms with E-state index in [0.717, 1.165) is 25.5 Å². The fourth-order valence-electron chi connectivity index (χ4n) is 2.83. The molecule has 6 heteroatoms. The first-order valence-electron chi connectivity index (χ1n) is 6.82. The normalized spacial score (nSPS) is 26.6. The highest BCUT2D eigenvalue weighted by Gasteiger charge is 2.37. The van der Waals surface area contributed by atoms with Gasteiger partial charge in [0.2, 0.25) is 0 Å². The van der Waals surface area contributed by atoms with Gasteiger partial charge in [0.1, 0.15) is 11.5 Å². The first kappa shape index (κ1) is 13.2. The summed E-state index contributed by atoms with van der Waals surface area (Å²) >= 11 is 0. The molecule has 0 radical (unpaired) electrons. The molecule has 0 spiro atoms. The lowest BCUT2D eigenvalue weighted by atomic mass is 9.76. The zero-order valence-electron chi connectivity index (χ0n) is 11.3. The highest BCUT2D eigenvalue weighted by Crippen LogP contribution is 2.36. The van der Waals surface area contributed by atoms with Crippen molar-refractivity contribution >= 4 is 0 Å². The predicted molar refractivity (Wildman–Crippen MR) is 71.0 cm³/mol. The van der Waals surface area contributed by atoms with Crippen molar-refractivity contribution in [3.8, 4) is 11.6 Å². The molecule has 3 rings (SSSR count). The Kier molecular flexibility index (Phi) is 3.25. The van der Waals surface area contributed by atoms with Crippen LogP contribution < -0.4 is 5.73 Å². The third kappa shape index (κ3) is 2.43. The molecular weight excluding hydrogens is 259 g/mol. The van der Waals surface area contributed by atoms with Crippen LogP contribution in [0, 0.1) is 11.7 Å². The number of pyridine rings is 1. The SMILES string of the molecule is CC1CCCC(N)(c2noc(-c3ccc(F)cn3)n2)C1. The molecule has 0 bridgehead atoms. The second kappa shape index (κ2) is 4.94. The number of nitrogens with zero attached hydrogens (tertiary/aromatic N) is 3. The van der Waals surface area contributed by atoms with E-state index in [1.54, 1.807) is 0 Å². The number of nitrogens with two attached hydrogens (primary N) is 1. The lowest BCUT2D eigenvalue weighted by Gasteiger charge is -2.33. The molecule has 1 aliphatic carbocycles. The fraction of sp³-hybridized carbons (Fsp3) is 0.500. The Morgan fingerprint density at radius 1 is 1.45 bits per heavy atom. The van der Waals surface area contributed by atoms with Crippen molar-refractivity contribution in [1.82, 2.24) is 15.1 Å². The minimum atomic E-state index is -0.528. The van der Waals surface area contributed by atoms with E-state index < -0.39 is 11.4 Å². The van der Waals surface area contributed by atoms with Gasteiger partial charge in [-0.3, -0.25) is 0 Å². The Morgan fingerprint density at radius 3 is 3.00 bits per heavy atom. The average molecular weight is 276 g/mol. The second-order valence-electron chi connectivity index (χ2n) is 5.64. The molecule has 1 fully saturated rings. The van der Waals surface area contributed by atoms with Crippen LogP contribution in [0.2, 0.25) is 0 Å². The fourth-order valence-corrected chi connectivity index (χ4v) is 2.83. The van der Waals surface area contributed by atoms with Gasteiger partial charge < -0.3 is 10.3 Å². The van der Waals surface area contributed by atoms with Gasteiger partial charge in [-0.25, -0.2) is 9.37 Å². The summed E-state index contributed by atoms with van der Waals surface area (Å²) in [7, 11) is 0. The first-order valence-corrected chi connectivity index (χ1v) is 6.82. The minimum Gasteiger partial charge on any atom is -0.332 e. The average Bonchev–Trinajstić information content (AvgIpc) is 2.90. The number of halogens is 1. The number of hydrogen-bond acceptors (Lipinski definition) is 5. The summed E-state index contributed by atoms with van der Waals surface area (Å²) in [4.78, 5) is 8.28. The maximum atomic E-state index is 12.9. The quantitative estimate of drug-likeness (QED) is 0.912. The van der Waals surface area contributed by atoms with E-state index in [0.29, 0.717) is 17.4 Å². The maximum Gasteiger partial charge on any atom is 0.276 e. The summed E-state index contributed by atoms with van der Waals surface area (Å²) in [6, 6.07) is 2.83. The summed E-state index contributed by atoms with van der Waals surface area (Å²) in [5, 5.41) is 4.00. The van der Waals surface area contributed by atoms with Crippen molar-refractivity contribution in [1.29, 1.82) is 0 Å². The van der Waals surface area contributed by atoms with Gasteiger partial charge >= 0.3 is 0 Å². The maximum absolute atomic E-state index is 12.9. The van der Waals surface area contributed by atoms with Crippen molar-refractivity contribution in [2.45, 2.75) is 38.1 Å². The minimum absolute atomic E-state index is 0.281. The number of aromatic nitrogens is 3. The van der Waals surface area contributed by atoms with Crippen LogP contribution in [0.4, 0.5) is 4.39 Å². The molecule has 20 heavy (non-hydrogen) atoms. The summed E-state index contributed by atoms with van der Waals surface area (Å²) in [6.07, 6.45) is 5.08. The number of rotatable bonds is 2. The van der Waals surface area contributed by atoms with Crippen molar-refractivity contribution < 1.29 is 8.91 Å². The summed E-state index contributed by atoms with van der Waals surface area (Å²) in [5.74, 6) is 0.956. The van der Waals surface area contributed by atoms with Crippen molar-refractivity contribution in [3.05, 3.63) is 30.0 Å². The Labute approximate surface area is 116 Å². The molecule has 0 amide bonds. The monoisotopic (exact) mass is 276 g/mol. The first-order chi connectivity index (χ1) is 9.57. The molecule has 5 nitrogen and oxygen atoms in total. The molecule has 2 aromatic rings. The van der Waals surface area contributed by atoms with Gasteiger partial charge in [0.25, 0.3) is 5.89 Å². The van der Waals surface area contributed by atoms with Crippen molar-refractivity contribution in [2.75, 3.05) is 0 Å². The molecule has 2 unspecified atom stereocenters. The molecule has 0 aromatic carbocycles. The van der Waals surface area contributed by atoms with Crippen LogP contribution in [0.15, 0.2) is 22.9 Å². The van der Waals surface area contributed by atoms with Crippen molar-refractivity contribution in [3.63, 3.8) is 0 Å². The lowest BCUT2D eigenvalue weighted by Crippen LogP contribution is -2.42. The Bertz CT molecular complexity index is 597. The molecule has 2 aromatic heterocycles. The van der Waals surface area contributed by atoms with Crippen LogP contribution in [0.25, 0.3) is 11.6 Å². The molecule has 0 saturated heterocycles. The van der Waals surface area contributed by atoms with E-state index in [2.05, 4.69) is 22.0 Å². The third-order valence-corrected chi connectivity index (χ3v) is 3.85. The molecular formula is C14H17FN4O. The molecule has 2 N–H and O–H groups in total. The van der Waals surface area contributed by atoms with Gasteiger partial charge in [-0.2, -0.15) is 4.98 Å². The van der Waals surface area contributed by atoms with E-state index in [1.807, 2.05) is 0 Å². The van der Waals surface area contributed by atoms with Crippen LogP contribution >= 0.6 is 0 Å². The Hall–Kier alpha value is -1.82. The standard InChI is InChI=1S/C14H17FN4O/c1-9-3-2-6-14(16,7-9)13-18-12(20-19-13)11-5-4-10(15)8-17-11/h4-5,8-9H,2-3,6-7,16H2,1H3. The van der Waals surface area contributed by atoms with Gasteiger partial charge in [-0.1, -0.05) is 24.9 Å². The van der Waals surface area contributed by atoms with E-state index >= 15 is 0 Å². The predicted octanol–water partition coefficient (Wildman–Crippen LogP) is 2.63. The highest BCUT2D eigenvalue weighted by molar-refractivity contribution is 5.45. The summed E-state index contributed by atoms with van der Waals surface area (Å²) in [5.41, 5.74) is 6.35. The highest BCUT2D eigenvalue weighted by atomic mass is 19.1. The van der Waals surface area contributed by atoms with Gasteiger partial charge in [0.15, 0.2) is 5.82 Å². The smallest absolute Gasteiger partial charge is 0.276 e.